The Labute approximate surface area is 112 Å². The summed E-state index contributed by atoms with van der Waals surface area (Å²) in [5.74, 6) is -0.0132. The number of aromatic nitrogens is 1. The van der Waals surface area contributed by atoms with Gasteiger partial charge in [0.2, 0.25) is 5.91 Å². The van der Waals surface area contributed by atoms with Crippen molar-refractivity contribution in [3.8, 4) is 0 Å². The molecule has 0 atom stereocenters. The molecule has 0 aromatic carbocycles. The molecule has 0 saturated carbocycles. The number of rotatable bonds is 1. The van der Waals surface area contributed by atoms with E-state index in [1.807, 2.05) is 27.7 Å². The van der Waals surface area contributed by atoms with Gasteiger partial charge >= 0.3 is 7.12 Å². The van der Waals surface area contributed by atoms with Crippen LogP contribution in [-0.2, 0) is 20.5 Å². The van der Waals surface area contributed by atoms with Crippen molar-refractivity contribution in [2.24, 2.45) is 0 Å². The highest BCUT2D eigenvalue weighted by Gasteiger charge is 2.52. The van der Waals surface area contributed by atoms with E-state index < -0.39 is 18.3 Å². The van der Waals surface area contributed by atoms with Crippen LogP contribution in [0.2, 0.25) is 0 Å². The molecule has 19 heavy (non-hydrogen) atoms. The molecule has 1 N–H and O–H groups in total. The van der Waals surface area contributed by atoms with Crippen LogP contribution in [0.1, 0.15) is 33.3 Å². The standard InChI is InChI=1S/C13H17BN2O3/c1-12(2)13(3,4)19-14(18-12)9-6-15-7-10-8(9)5-11(17)16-10/h6-7H,5H2,1-4H3,(H,16,17). The summed E-state index contributed by atoms with van der Waals surface area (Å²) in [6.45, 7) is 8.03. The third kappa shape index (κ3) is 1.86. The number of carbonyl (C=O) groups is 1. The molecule has 0 aliphatic carbocycles. The van der Waals surface area contributed by atoms with E-state index >= 15 is 0 Å². The van der Waals surface area contributed by atoms with Gasteiger partial charge in [0.25, 0.3) is 0 Å². The van der Waals surface area contributed by atoms with E-state index in [9.17, 15) is 4.79 Å². The Morgan fingerprint density at radius 3 is 2.47 bits per heavy atom. The Hall–Kier alpha value is -1.40. The molecule has 0 radical (unpaired) electrons. The van der Waals surface area contributed by atoms with Crippen molar-refractivity contribution in [3.05, 3.63) is 18.0 Å². The molecule has 100 valence electrons. The Morgan fingerprint density at radius 2 is 1.84 bits per heavy atom. The molecule has 1 aromatic heterocycles. The Bertz CT molecular complexity index is 541. The number of hydrogen-bond donors (Lipinski definition) is 1. The molecule has 1 saturated heterocycles. The average molecular weight is 260 g/mol. The topological polar surface area (TPSA) is 60.5 Å². The van der Waals surface area contributed by atoms with Gasteiger partial charge in [-0.15, -0.1) is 0 Å². The number of amides is 1. The summed E-state index contributed by atoms with van der Waals surface area (Å²) in [6.07, 6.45) is 3.74. The summed E-state index contributed by atoms with van der Waals surface area (Å²) in [4.78, 5) is 15.7. The number of pyridine rings is 1. The lowest BCUT2D eigenvalue weighted by atomic mass is 9.76. The average Bonchev–Trinajstić information content (AvgIpc) is 2.75. The minimum absolute atomic E-state index is 0.0132. The van der Waals surface area contributed by atoms with Gasteiger partial charge in [-0.25, -0.2) is 0 Å². The second-order valence-electron chi connectivity index (χ2n) is 6.07. The zero-order valence-electron chi connectivity index (χ0n) is 11.6. The van der Waals surface area contributed by atoms with Gasteiger partial charge in [0, 0.05) is 11.7 Å². The normalized spacial score (nSPS) is 23.4. The van der Waals surface area contributed by atoms with Gasteiger partial charge in [0.1, 0.15) is 0 Å². The minimum atomic E-state index is -0.472. The lowest BCUT2D eigenvalue weighted by Crippen LogP contribution is -2.41. The highest BCUT2D eigenvalue weighted by atomic mass is 16.7. The Morgan fingerprint density at radius 1 is 1.21 bits per heavy atom. The maximum Gasteiger partial charge on any atom is 0.496 e. The lowest BCUT2D eigenvalue weighted by Gasteiger charge is -2.32. The van der Waals surface area contributed by atoms with Gasteiger partial charge in [-0.1, -0.05) is 0 Å². The predicted molar refractivity (Wildman–Crippen MR) is 72.3 cm³/mol. The number of hydrogen-bond acceptors (Lipinski definition) is 4. The van der Waals surface area contributed by atoms with Gasteiger partial charge in [0.15, 0.2) is 0 Å². The summed E-state index contributed by atoms with van der Waals surface area (Å²) < 4.78 is 12.0. The van der Waals surface area contributed by atoms with E-state index in [0.717, 1.165) is 16.7 Å². The molecule has 0 bridgehead atoms. The second kappa shape index (κ2) is 3.80. The summed E-state index contributed by atoms with van der Waals surface area (Å²) in [5, 5.41) is 2.79. The van der Waals surface area contributed by atoms with Crippen LogP contribution in [-0.4, -0.2) is 29.2 Å². The van der Waals surface area contributed by atoms with Crippen molar-refractivity contribution in [2.75, 3.05) is 5.32 Å². The van der Waals surface area contributed by atoms with Crippen molar-refractivity contribution in [3.63, 3.8) is 0 Å². The van der Waals surface area contributed by atoms with Gasteiger partial charge < -0.3 is 14.6 Å². The van der Waals surface area contributed by atoms with Crippen LogP contribution in [0, 0.1) is 0 Å². The molecule has 5 nitrogen and oxygen atoms in total. The molecule has 3 heterocycles. The number of fused-ring (bicyclic) bond motifs is 1. The number of anilines is 1. The largest absolute Gasteiger partial charge is 0.496 e. The lowest BCUT2D eigenvalue weighted by molar-refractivity contribution is -0.115. The molecule has 1 aromatic rings. The second-order valence-corrected chi connectivity index (χ2v) is 6.07. The monoisotopic (exact) mass is 260 g/mol. The van der Waals surface area contributed by atoms with Crippen LogP contribution in [0.5, 0.6) is 0 Å². The maximum absolute atomic E-state index is 11.5. The first-order valence-electron chi connectivity index (χ1n) is 6.42. The van der Waals surface area contributed by atoms with Crippen molar-refractivity contribution >= 4 is 24.2 Å². The fraction of sp³-hybridized carbons (Fsp3) is 0.538. The Balaban J connectivity index is 1.98. The maximum atomic E-state index is 11.5. The first-order chi connectivity index (χ1) is 8.80. The summed E-state index contributed by atoms with van der Waals surface area (Å²) >= 11 is 0. The molecular weight excluding hydrogens is 243 g/mol. The molecule has 1 amide bonds. The molecule has 2 aliphatic heterocycles. The quantitative estimate of drug-likeness (QED) is 0.761. The van der Waals surface area contributed by atoms with Crippen LogP contribution < -0.4 is 10.8 Å². The van der Waals surface area contributed by atoms with Gasteiger partial charge in [-0.2, -0.15) is 0 Å². The number of nitrogens with one attached hydrogen (secondary N) is 1. The summed E-state index contributed by atoms with van der Waals surface area (Å²) in [7, 11) is -0.472. The van der Waals surface area contributed by atoms with Crippen LogP contribution in [0.3, 0.4) is 0 Å². The molecule has 2 aliphatic rings. The third-order valence-corrected chi connectivity index (χ3v) is 4.21. The summed E-state index contributed by atoms with van der Waals surface area (Å²) in [6, 6.07) is 0. The molecule has 0 unspecified atom stereocenters. The van der Waals surface area contributed by atoms with E-state index in [4.69, 9.17) is 9.31 Å². The van der Waals surface area contributed by atoms with Crippen molar-refractivity contribution < 1.29 is 14.1 Å². The molecular formula is C13H17BN2O3. The van der Waals surface area contributed by atoms with E-state index in [0.29, 0.717) is 6.42 Å². The van der Waals surface area contributed by atoms with Crippen LogP contribution in [0.15, 0.2) is 12.4 Å². The van der Waals surface area contributed by atoms with E-state index in [1.54, 1.807) is 12.4 Å². The highest BCUT2D eigenvalue weighted by Crippen LogP contribution is 2.37. The van der Waals surface area contributed by atoms with Crippen molar-refractivity contribution in [1.82, 2.24) is 4.98 Å². The molecule has 1 fully saturated rings. The zero-order valence-corrected chi connectivity index (χ0v) is 11.6. The van der Waals surface area contributed by atoms with Crippen LogP contribution in [0.25, 0.3) is 0 Å². The van der Waals surface area contributed by atoms with Crippen molar-refractivity contribution in [2.45, 2.75) is 45.3 Å². The molecule has 0 spiro atoms. The van der Waals surface area contributed by atoms with E-state index in [1.165, 1.54) is 0 Å². The minimum Gasteiger partial charge on any atom is -0.399 e. The first-order valence-corrected chi connectivity index (χ1v) is 6.42. The third-order valence-electron chi connectivity index (χ3n) is 4.21. The van der Waals surface area contributed by atoms with Gasteiger partial charge in [-0.3, -0.25) is 9.78 Å². The molecule has 3 rings (SSSR count). The highest BCUT2D eigenvalue weighted by molar-refractivity contribution is 6.63. The van der Waals surface area contributed by atoms with Crippen molar-refractivity contribution in [1.29, 1.82) is 0 Å². The van der Waals surface area contributed by atoms with Crippen LogP contribution in [0.4, 0.5) is 5.69 Å². The summed E-state index contributed by atoms with van der Waals surface area (Å²) in [5.41, 5.74) is 1.75. The number of carbonyl (C=O) groups excluding carboxylic acids is 1. The number of nitrogens with zero attached hydrogens (tertiary/aromatic N) is 1. The Kier molecular flexibility index (Phi) is 2.53. The van der Waals surface area contributed by atoms with E-state index in [-0.39, 0.29) is 5.91 Å². The zero-order chi connectivity index (χ0) is 13.8. The smallest absolute Gasteiger partial charge is 0.399 e. The molecule has 6 heteroatoms. The van der Waals surface area contributed by atoms with Crippen LogP contribution >= 0.6 is 0 Å². The van der Waals surface area contributed by atoms with Gasteiger partial charge in [0.05, 0.1) is 29.5 Å². The first kappa shape index (κ1) is 12.6. The fourth-order valence-corrected chi connectivity index (χ4v) is 2.34. The van der Waals surface area contributed by atoms with E-state index in [2.05, 4.69) is 10.3 Å². The SMILES string of the molecule is CC1(C)OB(c2cncc3c2CC(=O)N3)OC1(C)C. The fourth-order valence-electron chi connectivity index (χ4n) is 2.34. The predicted octanol–water partition coefficient (Wildman–Crippen LogP) is 0.875. The van der Waals surface area contributed by atoms with Gasteiger partial charge in [-0.05, 0) is 33.3 Å².